The van der Waals surface area contributed by atoms with Crippen molar-refractivity contribution in [1.29, 1.82) is 0 Å². The molecule has 0 aliphatic carbocycles. The van der Waals surface area contributed by atoms with Gasteiger partial charge in [0.25, 0.3) is 0 Å². The van der Waals surface area contributed by atoms with E-state index in [1.165, 1.54) is 49.2 Å². The third-order valence-electron chi connectivity index (χ3n) is 12.1. The highest BCUT2D eigenvalue weighted by atomic mass is 15.0. The van der Waals surface area contributed by atoms with Crippen molar-refractivity contribution < 1.29 is 0 Å². The van der Waals surface area contributed by atoms with Crippen molar-refractivity contribution in [2.45, 2.75) is 0 Å². The fraction of sp³-hybridized carbons (Fsp3) is 0. The third kappa shape index (κ3) is 6.00. The summed E-state index contributed by atoms with van der Waals surface area (Å²) in [6.07, 6.45) is 0. The number of para-hydroxylation sites is 3. The smallest absolute Gasteiger partial charge is 0.160 e. The number of aromatic nitrogens is 4. The van der Waals surface area contributed by atoms with Crippen molar-refractivity contribution in [3.8, 4) is 67.5 Å². The first-order valence-electron chi connectivity index (χ1n) is 21.1. The molecule has 12 rings (SSSR count). The van der Waals surface area contributed by atoms with Crippen LogP contribution in [0, 0.1) is 0 Å². The van der Waals surface area contributed by atoms with Crippen LogP contribution in [0.15, 0.2) is 231 Å². The number of rotatable bonds is 7. The van der Waals surface area contributed by atoms with E-state index in [1.54, 1.807) is 0 Å². The summed E-state index contributed by atoms with van der Waals surface area (Å²) in [6, 6.07) is 82.2. The molecule has 0 amide bonds. The molecule has 0 saturated carbocycles. The first-order valence-corrected chi connectivity index (χ1v) is 21.1. The Labute approximate surface area is 359 Å². The number of benzene rings is 9. The molecular weight excluding hydrogens is 753 g/mol. The maximum Gasteiger partial charge on any atom is 0.160 e. The van der Waals surface area contributed by atoms with E-state index >= 15 is 0 Å². The molecule has 9 aromatic carbocycles. The fourth-order valence-electron chi connectivity index (χ4n) is 9.28. The second kappa shape index (κ2) is 14.7. The molecule has 3 aromatic heterocycles. The molecule has 4 nitrogen and oxygen atoms in total. The van der Waals surface area contributed by atoms with Crippen LogP contribution in [0.3, 0.4) is 0 Å². The van der Waals surface area contributed by atoms with Crippen LogP contribution in [0.2, 0.25) is 0 Å². The predicted molar refractivity (Wildman–Crippen MR) is 258 cm³/mol. The summed E-state index contributed by atoms with van der Waals surface area (Å²) < 4.78 is 4.80. The van der Waals surface area contributed by atoms with Crippen LogP contribution in [0.25, 0.3) is 111 Å². The molecule has 0 spiro atoms. The van der Waals surface area contributed by atoms with Gasteiger partial charge in [-0.15, -0.1) is 0 Å². The van der Waals surface area contributed by atoms with Crippen molar-refractivity contribution in [3.63, 3.8) is 0 Å². The largest absolute Gasteiger partial charge is 0.309 e. The van der Waals surface area contributed by atoms with Crippen LogP contribution in [0.5, 0.6) is 0 Å². The average molecular weight is 791 g/mol. The molecule has 0 atom stereocenters. The van der Waals surface area contributed by atoms with E-state index in [1.807, 2.05) is 24.3 Å². The van der Waals surface area contributed by atoms with E-state index in [0.717, 1.165) is 56.1 Å². The normalized spacial score (nSPS) is 11.5. The van der Waals surface area contributed by atoms with Gasteiger partial charge in [0.1, 0.15) is 0 Å². The molecule has 0 saturated heterocycles. The van der Waals surface area contributed by atoms with Gasteiger partial charge in [-0.05, 0) is 89.0 Å². The van der Waals surface area contributed by atoms with Crippen molar-refractivity contribution in [2.75, 3.05) is 0 Å². The zero-order valence-electron chi connectivity index (χ0n) is 33.7. The Kier molecular flexibility index (Phi) is 8.46. The van der Waals surface area contributed by atoms with Crippen LogP contribution < -0.4 is 0 Å². The van der Waals surface area contributed by atoms with E-state index in [2.05, 4.69) is 215 Å². The lowest BCUT2D eigenvalue weighted by Gasteiger charge is -2.12. The van der Waals surface area contributed by atoms with Gasteiger partial charge in [-0.2, -0.15) is 0 Å². The Morgan fingerprint density at radius 2 is 0.790 bits per heavy atom. The van der Waals surface area contributed by atoms with Gasteiger partial charge in [0.2, 0.25) is 0 Å². The van der Waals surface area contributed by atoms with E-state index < -0.39 is 0 Å². The molecule has 0 fully saturated rings. The molecular formula is C58H38N4. The van der Waals surface area contributed by atoms with Gasteiger partial charge in [-0.3, -0.25) is 0 Å². The highest BCUT2D eigenvalue weighted by Crippen LogP contribution is 2.41. The maximum absolute atomic E-state index is 5.12. The van der Waals surface area contributed by atoms with Gasteiger partial charge in [-0.1, -0.05) is 164 Å². The Morgan fingerprint density at radius 1 is 0.274 bits per heavy atom. The number of fused-ring (bicyclic) bond motifs is 6. The molecule has 3 heterocycles. The monoisotopic (exact) mass is 790 g/mol. The molecule has 0 aliphatic heterocycles. The summed E-state index contributed by atoms with van der Waals surface area (Å²) in [4.78, 5) is 10.1. The minimum absolute atomic E-state index is 0.710. The molecule has 0 unspecified atom stereocenters. The lowest BCUT2D eigenvalue weighted by atomic mass is 9.98. The Hall–Kier alpha value is -8.34. The minimum Gasteiger partial charge on any atom is -0.309 e. The summed E-state index contributed by atoms with van der Waals surface area (Å²) in [7, 11) is 0. The topological polar surface area (TPSA) is 35.6 Å². The minimum atomic E-state index is 0.710. The van der Waals surface area contributed by atoms with E-state index in [-0.39, 0.29) is 0 Å². The van der Waals surface area contributed by atoms with Crippen molar-refractivity contribution >= 4 is 43.6 Å². The summed E-state index contributed by atoms with van der Waals surface area (Å²) in [5.41, 5.74) is 16.6. The van der Waals surface area contributed by atoms with Crippen molar-refractivity contribution in [1.82, 2.24) is 19.1 Å². The van der Waals surface area contributed by atoms with Gasteiger partial charge in [0.15, 0.2) is 5.82 Å². The highest BCUT2D eigenvalue weighted by molar-refractivity contribution is 6.16. The van der Waals surface area contributed by atoms with E-state index in [0.29, 0.717) is 5.82 Å². The SMILES string of the molecule is c1ccc(-c2cc(-c3cccc(-c4ccc5c(c4)c4ccccc4n5-c4cccc(-c5cccc6c5c5ccccc5n6-c5ccccc5)c4)c3)nc(-c3ccccc3)n2)cc1. The summed E-state index contributed by atoms with van der Waals surface area (Å²) in [5, 5.41) is 4.93. The fourth-order valence-corrected chi connectivity index (χ4v) is 9.28. The third-order valence-corrected chi connectivity index (χ3v) is 12.1. The van der Waals surface area contributed by atoms with Crippen LogP contribution in [0.4, 0.5) is 0 Å². The number of hydrogen-bond donors (Lipinski definition) is 0. The predicted octanol–water partition coefficient (Wildman–Crippen LogP) is 15.0. The molecule has 62 heavy (non-hydrogen) atoms. The van der Waals surface area contributed by atoms with Crippen molar-refractivity contribution in [2.24, 2.45) is 0 Å². The van der Waals surface area contributed by atoms with E-state index in [4.69, 9.17) is 9.97 Å². The lowest BCUT2D eigenvalue weighted by molar-refractivity contribution is 1.18. The Bertz CT molecular complexity index is 3560. The second-order valence-corrected chi connectivity index (χ2v) is 15.8. The molecule has 0 aliphatic rings. The van der Waals surface area contributed by atoms with Gasteiger partial charge in [0.05, 0.1) is 33.5 Å². The zero-order chi connectivity index (χ0) is 41.0. The number of hydrogen-bond acceptors (Lipinski definition) is 2. The van der Waals surface area contributed by atoms with Gasteiger partial charge in [0, 0.05) is 49.6 Å². The molecule has 290 valence electrons. The summed E-state index contributed by atoms with van der Waals surface area (Å²) in [5.74, 6) is 0.710. The van der Waals surface area contributed by atoms with Crippen LogP contribution >= 0.6 is 0 Å². The Morgan fingerprint density at radius 3 is 1.58 bits per heavy atom. The van der Waals surface area contributed by atoms with Gasteiger partial charge >= 0.3 is 0 Å². The highest BCUT2D eigenvalue weighted by Gasteiger charge is 2.18. The molecule has 0 radical (unpaired) electrons. The average Bonchev–Trinajstić information content (AvgIpc) is 3.87. The van der Waals surface area contributed by atoms with Crippen LogP contribution in [-0.4, -0.2) is 19.1 Å². The van der Waals surface area contributed by atoms with E-state index in [9.17, 15) is 0 Å². The molecule has 0 bridgehead atoms. The second-order valence-electron chi connectivity index (χ2n) is 15.8. The number of nitrogens with zero attached hydrogens (tertiary/aromatic N) is 4. The standard InChI is InChI=1S/C58H38N4/c1-4-17-39(18-5-1)51-38-52(60-58(59-51)40-19-6-2-7-20-40)44-23-14-21-41(35-44)42-33-34-55-50(37-42)48-27-10-12-30-53(48)62(55)46-26-15-22-43(36-46)47-29-16-32-56-57(47)49-28-11-13-31-54(49)61(56)45-24-8-3-9-25-45/h1-38H. The Balaban J connectivity index is 0.972. The van der Waals surface area contributed by atoms with Crippen LogP contribution in [0.1, 0.15) is 0 Å². The molecule has 4 heteroatoms. The quantitative estimate of drug-likeness (QED) is 0.161. The molecule has 0 N–H and O–H groups in total. The van der Waals surface area contributed by atoms with Gasteiger partial charge < -0.3 is 9.13 Å². The first kappa shape index (κ1) is 35.6. The lowest BCUT2D eigenvalue weighted by Crippen LogP contribution is -1.96. The summed E-state index contributed by atoms with van der Waals surface area (Å²) >= 11 is 0. The van der Waals surface area contributed by atoms with Crippen molar-refractivity contribution in [3.05, 3.63) is 231 Å². The molecule has 12 aromatic rings. The van der Waals surface area contributed by atoms with Gasteiger partial charge in [-0.25, -0.2) is 9.97 Å². The van der Waals surface area contributed by atoms with Crippen LogP contribution in [-0.2, 0) is 0 Å². The zero-order valence-corrected chi connectivity index (χ0v) is 33.7. The summed E-state index contributed by atoms with van der Waals surface area (Å²) in [6.45, 7) is 0. The maximum atomic E-state index is 5.12. The first-order chi connectivity index (χ1) is 30.7.